The Morgan fingerprint density at radius 1 is 1.00 bits per heavy atom. The quantitative estimate of drug-likeness (QED) is 0.325. The molecule has 5 nitrogen and oxygen atoms in total. The molecule has 37 heavy (non-hydrogen) atoms. The van der Waals surface area contributed by atoms with Gasteiger partial charge in [-0.1, -0.05) is 90.1 Å². The average molecular weight is 540 g/mol. The molecule has 4 rings (SSSR count). The molecule has 0 radical (unpaired) electrons. The molecule has 0 saturated heterocycles. The largest absolute Gasteiger partial charge is 0.484 e. The molecule has 0 unspecified atom stereocenters. The van der Waals surface area contributed by atoms with E-state index in [9.17, 15) is 9.59 Å². The number of rotatable bonds is 10. The van der Waals surface area contributed by atoms with Crippen LogP contribution in [0.4, 0.5) is 0 Å². The second-order valence-corrected chi connectivity index (χ2v) is 10.4. The lowest BCUT2D eigenvalue weighted by atomic mass is 10.0. The van der Waals surface area contributed by atoms with Crippen LogP contribution in [0.3, 0.4) is 0 Å². The molecule has 1 N–H and O–H groups in total. The Balaban J connectivity index is 1.63. The monoisotopic (exact) mass is 538 g/mol. The molecule has 1 aliphatic rings. The van der Waals surface area contributed by atoms with Crippen molar-refractivity contribution in [1.82, 2.24) is 10.2 Å². The lowest BCUT2D eigenvalue weighted by molar-refractivity contribution is -0.143. The van der Waals surface area contributed by atoms with Crippen LogP contribution in [0.1, 0.15) is 42.4 Å². The van der Waals surface area contributed by atoms with E-state index in [-0.39, 0.29) is 31.0 Å². The number of halogens is 2. The standard InChI is InChI=1S/C30H32Cl2N2O3/c1-21-11-15-26(16-12-21)37-20-29(35)34(19-23-13-14-24(31)18-27(23)32)28(17-22-7-3-2-4-8-22)30(36)33-25-9-5-6-10-25/h2-4,7-8,11-16,18,25,28H,5-6,9-10,17,19-20H2,1H3,(H,33,36)/t28-/m0/s1. The molecule has 2 amide bonds. The minimum Gasteiger partial charge on any atom is -0.484 e. The second-order valence-electron chi connectivity index (χ2n) is 9.55. The molecule has 7 heteroatoms. The van der Waals surface area contributed by atoms with Crippen LogP contribution in [0.15, 0.2) is 72.8 Å². The van der Waals surface area contributed by atoms with Gasteiger partial charge in [0, 0.05) is 29.1 Å². The van der Waals surface area contributed by atoms with Gasteiger partial charge in [0.1, 0.15) is 11.8 Å². The Kier molecular flexibility index (Phi) is 9.48. The maximum Gasteiger partial charge on any atom is 0.261 e. The molecule has 0 aromatic heterocycles. The first-order valence-corrected chi connectivity index (χ1v) is 13.4. The number of nitrogens with one attached hydrogen (secondary N) is 1. The highest BCUT2D eigenvalue weighted by molar-refractivity contribution is 6.35. The SMILES string of the molecule is Cc1ccc(OCC(=O)N(Cc2ccc(Cl)cc2Cl)[C@@H](Cc2ccccc2)C(=O)NC2CCCC2)cc1. The van der Waals surface area contributed by atoms with Crippen LogP contribution >= 0.6 is 23.2 Å². The molecule has 1 atom stereocenters. The van der Waals surface area contributed by atoms with Crippen LogP contribution in [-0.4, -0.2) is 35.4 Å². The molecule has 1 aliphatic carbocycles. The highest BCUT2D eigenvalue weighted by Crippen LogP contribution is 2.25. The topological polar surface area (TPSA) is 58.6 Å². The molecule has 0 aliphatic heterocycles. The third-order valence-corrected chi connectivity index (χ3v) is 7.30. The smallest absolute Gasteiger partial charge is 0.261 e. The van der Waals surface area contributed by atoms with Gasteiger partial charge in [0.25, 0.3) is 5.91 Å². The van der Waals surface area contributed by atoms with E-state index < -0.39 is 6.04 Å². The van der Waals surface area contributed by atoms with E-state index in [0.717, 1.165) is 36.8 Å². The van der Waals surface area contributed by atoms with Crippen molar-refractivity contribution in [3.05, 3.63) is 99.5 Å². The Morgan fingerprint density at radius 3 is 2.38 bits per heavy atom. The van der Waals surface area contributed by atoms with Crippen molar-refractivity contribution < 1.29 is 14.3 Å². The highest BCUT2D eigenvalue weighted by Gasteiger charge is 2.32. The summed E-state index contributed by atoms with van der Waals surface area (Å²) < 4.78 is 5.83. The molecule has 0 bridgehead atoms. The fraction of sp³-hybridized carbons (Fsp3) is 0.333. The summed E-state index contributed by atoms with van der Waals surface area (Å²) in [5.41, 5.74) is 2.78. The van der Waals surface area contributed by atoms with E-state index in [1.54, 1.807) is 23.1 Å². The number of amides is 2. The maximum absolute atomic E-state index is 13.7. The van der Waals surface area contributed by atoms with Gasteiger partial charge in [0.15, 0.2) is 6.61 Å². The fourth-order valence-corrected chi connectivity index (χ4v) is 5.09. The fourth-order valence-electron chi connectivity index (χ4n) is 4.62. The number of ether oxygens (including phenoxy) is 1. The van der Waals surface area contributed by atoms with Crippen LogP contribution < -0.4 is 10.1 Å². The van der Waals surface area contributed by atoms with Crippen LogP contribution in [0.5, 0.6) is 5.75 Å². The summed E-state index contributed by atoms with van der Waals surface area (Å²) in [5.74, 6) is 0.136. The number of hydrogen-bond acceptors (Lipinski definition) is 3. The van der Waals surface area contributed by atoms with Gasteiger partial charge in [0.2, 0.25) is 5.91 Å². The van der Waals surface area contributed by atoms with Gasteiger partial charge < -0.3 is 15.0 Å². The third kappa shape index (κ3) is 7.73. The van der Waals surface area contributed by atoms with E-state index >= 15 is 0 Å². The van der Waals surface area contributed by atoms with Crippen molar-refractivity contribution in [2.45, 2.75) is 57.7 Å². The number of carbonyl (C=O) groups excluding carboxylic acids is 2. The van der Waals surface area contributed by atoms with Crippen LogP contribution in [0, 0.1) is 6.92 Å². The number of nitrogens with zero attached hydrogens (tertiary/aromatic N) is 1. The zero-order valence-electron chi connectivity index (χ0n) is 21.0. The van der Waals surface area contributed by atoms with Gasteiger partial charge in [-0.25, -0.2) is 0 Å². The molecule has 3 aromatic carbocycles. The molecular formula is C30H32Cl2N2O3. The van der Waals surface area contributed by atoms with Crippen molar-refractivity contribution in [3.63, 3.8) is 0 Å². The van der Waals surface area contributed by atoms with Gasteiger partial charge in [0.05, 0.1) is 0 Å². The predicted molar refractivity (Wildman–Crippen MR) is 148 cm³/mol. The van der Waals surface area contributed by atoms with Crippen LogP contribution in [-0.2, 0) is 22.6 Å². The van der Waals surface area contributed by atoms with Gasteiger partial charge in [-0.2, -0.15) is 0 Å². The summed E-state index contributed by atoms with van der Waals surface area (Å²) in [5, 5.41) is 4.15. The molecular weight excluding hydrogens is 507 g/mol. The summed E-state index contributed by atoms with van der Waals surface area (Å²) in [6, 6.07) is 21.8. The summed E-state index contributed by atoms with van der Waals surface area (Å²) in [7, 11) is 0. The molecule has 1 fully saturated rings. The van der Waals surface area contributed by atoms with Gasteiger partial charge in [-0.05, 0) is 55.2 Å². The number of hydrogen-bond donors (Lipinski definition) is 1. The minimum atomic E-state index is -0.733. The number of carbonyl (C=O) groups is 2. The van der Waals surface area contributed by atoms with Crippen molar-refractivity contribution >= 4 is 35.0 Å². The lowest BCUT2D eigenvalue weighted by Crippen LogP contribution is -2.53. The summed E-state index contributed by atoms with van der Waals surface area (Å²) >= 11 is 12.6. The average Bonchev–Trinajstić information content (AvgIpc) is 3.40. The second kappa shape index (κ2) is 13.0. The van der Waals surface area contributed by atoms with Crippen molar-refractivity contribution in [2.75, 3.05) is 6.61 Å². The van der Waals surface area contributed by atoms with E-state index in [0.29, 0.717) is 27.8 Å². The number of benzene rings is 3. The predicted octanol–water partition coefficient (Wildman–Crippen LogP) is 6.38. The molecule has 0 heterocycles. The summed E-state index contributed by atoms with van der Waals surface area (Å²) in [6.45, 7) is 1.95. The first-order valence-electron chi connectivity index (χ1n) is 12.7. The van der Waals surface area contributed by atoms with Gasteiger partial charge in [-0.3, -0.25) is 9.59 Å². The third-order valence-electron chi connectivity index (χ3n) is 6.71. The van der Waals surface area contributed by atoms with E-state index in [1.165, 1.54) is 0 Å². The number of aryl methyl sites for hydroxylation is 1. The Bertz CT molecular complexity index is 1200. The lowest BCUT2D eigenvalue weighted by Gasteiger charge is -2.32. The van der Waals surface area contributed by atoms with E-state index in [4.69, 9.17) is 27.9 Å². The van der Waals surface area contributed by atoms with Crippen molar-refractivity contribution in [3.8, 4) is 5.75 Å². The van der Waals surface area contributed by atoms with Gasteiger partial charge >= 0.3 is 0 Å². The summed E-state index contributed by atoms with van der Waals surface area (Å²) in [4.78, 5) is 29.0. The van der Waals surface area contributed by atoms with Crippen molar-refractivity contribution in [2.24, 2.45) is 0 Å². The zero-order valence-corrected chi connectivity index (χ0v) is 22.5. The van der Waals surface area contributed by atoms with E-state index in [1.807, 2.05) is 61.5 Å². The molecule has 3 aromatic rings. The Morgan fingerprint density at radius 2 is 1.70 bits per heavy atom. The normalized spacial score (nSPS) is 14.2. The van der Waals surface area contributed by atoms with Crippen LogP contribution in [0.2, 0.25) is 10.0 Å². The highest BCUT2D eigenvalue weighted by atomic mass is 35.5. The van der Waals surface area contributed by atoms with Crippen LogP contribution in [0.25, 0.3) is 0 Å². The maximum atomic E-state index is 13.7. The minimum absolute atomic E-state index is 0.130. The van der Waals surface area contributed by atoms with Gasteiger partial charge in [-0.15, -0.1) is 0 Å². The molecule has 0 spiro atoms. The molecule has 194 valence electrons. The Labute approximate surface area is 228 Å². The van der Waals surface area contributed by atoms with Crippen molar-refractivity contribution in [1.29, 1.82) is 0 Å². The first kappa shape index (κ1) is 27.0. The zero-order chi connectivity index (χ0) is 26.2. The van der Waals surface area contributed by atoms with E-state index in [2.05, 4.69) is 5.32 Å². The Hall–Kier alpha value is -3.02. The first-order chi connectivity index (χ1) is 17.9. The molecule has 1 saturated carbocycles. The summed E-state index contributed by atoms with van der Waals surface area (Å²) in [6.07, 6.45) is 4.49.